The van der Waals surface area contributed by atoms with Crippen molar-refractivity contribution in [1.29, 1.82) is 0 Å². The van der Waals surface area contributed by atoms with Gasteiger partial charge in [0.05, 0.1) is 21.8 Å². The van der Waals surface area contributed by atoms with Gasteiger partial charge in [-0.3, -0.25) is 4.72 Å². The van der Waals surface area contributed by atoms with Crippen LogP contribution in [-0.4, -0.2) is 21.5 Å². The normalized spacial score (nSPS) is 23.2. The lowest BCUT2D eigenvalue weighted by atomic mass is 9.64. The molecule has 1 aliphatic carbocycles. The van der Waals surface area contributed by atoms with Gasteiger partial charge in [-0.15, -0.1) is 0 Å². The predicted octanol–water partition coefficient (Wildman–Crippen LogP) is 7.07. The topological polar surface area (TPSA) is 49.4 Å². The zero-order valence-electron chi connectivity index (χ0n) is 19.6. The molecule has 0 radical (unpaired) electrons. The first-order valence-corrected chi connectivity index (χ1v) is 13.5. The Hall–Kier alpha value is -2.74. The van der Waals surface area contributed by atoms with Crippen molar-refractivity contribution in [1.82, 2.24) is 0 Å². The molecule has 2 aliphatic rings. The largest absolute Gasteiger partial charge is 0.416 e. The van der Waals surface area contributed by atoms with Gasteiger partial charge in [-0.1, -0.05) is 50.1 Å². The van der Waals surface area contributed by atoms with E-state index in [4.69, 9.17) is 0 Å². The molecule has 1 aliphatic heterocycles. The molecular formula is C27H29F3N2O2S. The molecule has 1 saturated carbocycles. The van der Waals surface area contributed by atoms with E-state index in [0.717, 1.165) is 42.2 Å². The number of hydrogen-bond donors (Lipinski definition) is 1. The van der Waals surface area contributed by atoms with Crippen molar-refractivity contribution in [3.8, 4) is 0 Å². The van der Waals surface area contributed by atoms with Crippen molar-refractivity contribution in [2.24, 2.45) is 11.3 Å². The van der Waals surface area contributed by atoms with Crippen LogP contribution in [0.5, 0.6) is 0 Å². The van der Waals surface area contributed by atoms with E-state index in [1.54, 1.807) is 18.2 Å². The molecule has 0 spiro atoms. The van der Waals surface area contributed by atoms with E-state index in [-0.39, 0.29) is 16.0 Å². The fraction of sp³-hybridized carbons (Fsp3) is 0.407. The molecule has 35 heavy (non-hydrogen) atoms. The van der Waals surface area contributed by atoms with E-state index < -0.39 is 21.8 Å². The molecule has 4 nitrogen and oxygen atoms in total. The molecule has 186 valence electrons. The van der Waals surface area contributed by atoms with Crippen LogP contribution in [0.4, 0.5) is 24.5 Å². The van der Waals surface area contributed by atoms with Crippen LogP contribution in [0.15, 0.2) is 65.6 Å². The number of rotatable bonds is 4. The highest BCUT2D eigenvalue weighted by Crippen LogP contribution is 2.48. The summed E-state index contributed by atoms with van der Waals surface area (Å²) in [5.74, 6) is 0.442. The summed E-state index contributed by atoms with van der Waals surface area (Å²) in [6, 6.07) is 15.4. The van der Waals surface area contributed by atoms with Gasteiger partial charge in [0.25, 0.3) is 10.0 Å². The first-order chi connectivity index (χ1) is 16.6. The van der Waals surface area contributed by atoms with Crippen molar-refractivity contribution in [3.05, 3.63) is 66.2 Å². The number of benzene rings is 3. The average molecular weight is 503 g/mol. The standard InChI is InChI=1S/C27H29F3N2O2S/c1-26-13-5-4-8-22(26)18-32(15-14-26)25-12-10-21(27(28,29)30)17-24(25)31-35(33,34)23-11-9-19-6-2-3-7-20(19)16-23/h2-3,6-7,9-12,16-17,22,31H,4-5,8,13-15,18H2,1H3/t22-,26?/m0/s1. The van der Waals surface area contributed by atoms with Gasteiger partial charge in [0.2, 0.25) is 0 Å². The number of nitrogens with zero attached hydrogens (tertiary/aromatic N) is 1. The highest BCUT2D eigenvalue weighted by molar-refractivity contribution is 7.92. The van der Waals surface area contributed by atoms with E-state index in [0.29, 0.717) is 24.7 Å². The molecule has 0 bridgehead atoms. The number of sulfonamides is 1. The van der Waals surface area contributed by atoms with Crippen LogP contribution < -0.4 is 9.62 Å². The SMILES string of the molecule is CC12CCCC[C@H]1CN(c1ccc(C(F)(F)F)cc1NS(=O)(=O)c1ccc3ccccc3c1)CC2. The van der Waals surface area contributed by atoms with E-state index >= 15 is 0 Å². The fourth-order valence-corrected chi connectivity index (χ4v) is 6.79. The maximum absolute atomic E-state index is 13.6. The average Bonchev–Trinajstić information content (AvgIpc) is 2.82. The molecule has 8 heteroatoms. The van der Waals surface area contributed by atoms with Gasteiger partial charge >= 0.3 is 6.18 Å². The zero-order chi connectivity index (χ0) is 24.8. The third-order valence-corrected chi connectivity index (χ3v) is 9.23. The van der Waals surface area contributed by atoms with Gasteiger partial charge < -0.3 is 4.90 Å². The summed E-state index contributed by atoms with van der Waals surface area (Å²) in [5.41, 5.74) is -0.176. The molecule has 2 atom stereocenters. The van der Waals surface area contributed by atoms with Gasteiger partial charge in [-0.25, -0.2) is 8.42 Å². The second-order valence-corrected chi connectivity index (χ2v) is 11.8. The van der Waals surface area contributed by atoms with Crippen molar-refractivity contribution in [3.63, 3.8) is 0 Å². The van der Waals surface area contributed by atoms with Crippen LogP contribution in [0, 0.1) is 11.3 Å². The number of halogens is 3. The number of fused-ring (bicyclic) bond motifs is 2. The summed E-state index contributed by atoms with van der Waals surface area (Å²) in [6.07, 6.45) is 0.986. The quantitative estimate of drug-likeness (QED) is 0.415. The fourth-order valence-electron chi connectivity index (χ4n) is 5.69. The van der Waals surface area contributed by atoms with E-state index in [2.05, 4.69) is 16.5 Å². The monoisotopic (exact) mass is 502 g/mol. The molecular weight excluding hydrogens is 473 g/mol. The van der Waals surface area contributed by atoms with Gasteiger partial charge in [-0.2, -0.15) is 13.2 Å². The first kappa shape index (κ1) is 24.0. The Labute approximate surface area is 204 Å². The molecule has 1 unspecified atom stereocenters. The molecule has 0 aromatic heterocycles. The Bertz CT molecular complexity index is 1360. The third kappa shape index (κ3) is 4.73. The zero-order valence-corrected chi connectivity index (χ0v) is 20.4. The highest BCUT2D eigenvalue weighted by Gasteiger charge is 2.41. The van der Waals surface area contributed by atoms with Crippen LogP contribution in [0.25, 0.3) is 10.8 Å². The molecule has 1 heterocycles. The summed E-state index contributed by atoms with van der Waals surface area (Å²) in [6.45, 7) is 3.71. The lowest BCUT2D eigenvalue weighted by Crippen LogP contribution is -2.47. The van der Waals surface area contributed by atoms with Crippen LogP contribution in [0.1, 0.15) is 44.6 Å². The van der Waals surface area contributed by atoms with Gasteiger partial charge in [-0.05, 0) is 71.7 Å². The van der Waals surface area contributed by atoms with E-state index in [9.17, 15) is 21.6 Å². The summed E-state index contributed by atoms with van der Waals surface area (Å²) in [4.78, 5) is 2.06. The summed E-state index contributed by atoms with van der Waals surface area (Å²) < 4.78 is 69.8. The van der Waals surface area contributed by atoms with E-state index in [1.807, 2.05) is 18.2 Å². The third-order valence-electron chi connectivity index (χ3n) is 7.87. The highest BCUT2D eigenvalue weighted by atomic mass is 32.2. The van der Waals surface area contributed by atoms with Crippen molar-refractivity contribution >= 4 is 32.2 Å². The van der Waals surface area contributed by atoms with Crippen molar-refractivity contribution in [2.75, 3.05) is 22.7 Å². The number of hydrogen-bond acceptors (Lipinski definition) is 3. The smallest absolute Gasteiger partial charge is 0.370 e. The van der Waals surface area contributed by atoms with Gasteiger partial charge in [0.1, 0.15) is 0 Å². The first-order valence-electron chi connectivity index (χ1n) is 12.0. The Morgan fingerprint density at radius 1 is 0.971 bits per heavy atom. The van der Waals surface area contributed by atoms with Crippen LogP contribution in [0.2, 0.25) is 0 Å². The Morgan fingerprint density at radius 3 is 2.51 bits per heavy atom. The lowest BCUT2D eigenvalue weighted by molar-refractivity contribution is -0.137. The molecule has 2 fully saturated rings. The van der Waals surface area contributed by atoms with Crippen molar-refractivity contribution < 1.29 is 21.6 Å². The van der Waals surface area contributed by atoms with Gasteiger partial charge in [0.15, 0.2) is 0 Å². The second kappa shape index (κ2) is 8.73. The van der Waals surface area contributed by atoms with E-state index in [1.165, 1.54) is 25.0 Å². The Kier molecular flexibility index (Phi) is 5.98. The molecule has 5 rings (SSSR count). The lowest BCUT2D eigenvalue weighted by Gasteiger charge is -2.49. The minimum Gasteiger partial charge on any atom is -0.370 e. The molecule has 3 aromatic rings. The number of piperidine rings is 1. The number of nitrogens with one attached hydrogen (secondary N) is 1. The summed E-state index contributed by atoms with van der Waals surface area (Å²) >= 11 is 0. The maximum atomic E-state index is 13.6. The van der Waals surface area contributed by atoms with Gasteiger partial charge in [0, 0.05) is 13.1 Å². The number of alkyl halides is 3. The van der Waals surface area contributed by atoms with Crippen LogP contribution in [0.3, 0.4) is 0 Å². The summed E-state index contributed by atoms with van der Waals surface area (Å²) in [7, 11) is -4.11. The maximum Gasteiger partial charge on any atom is 0.416 e. The molecule has 3 aromatic carbocycles. The number of anilines is 2. The van der Waals surface area contributed by atoms with Crippen molar-refractivity contribution in [2.45, 2.75) is 50.1 Å². The van der Waals surface area contributed by atoms with Crippen LogP contribution >= 0.6 is 0 Å². The molecule has 0 amide bonds. The Morgan fingerprint density at radius 2 is 1.74 bits per heavy atom. The summed E-state index contributed by atoms with van der Waals surface area (Å²) in [5, 5.41) is 1.63. The second-order valence-electron chi connectivity index (χ2n) is 10.1. The predicted molar refractivity (Wildman–Crippen MR) is 133 cm³/mol. The Balaban J connectivity index is 1.51. The minimum atomic E-state index is -4.58. The molecule has 1 N–H and O–H groups in total. The minimum absolute atomic E-state index is 0.0121. The molecule has 1 saturated heterocycles. The van der Waals surface area contributed by atoms with Crippen LogP contribution in [-0.2, 0) is 16.2 Å².